The number of hydrogen-bond donors (Lipinski definition) is 3. The molecule has 0 aromatic heterocycles. The van der Waals surface area contributed by atoms with Crippen molar-refractivity contribution in [2.24, 2.45) is 11.7 Å². The van der Waals surface area contributed by atoms with Crippen molar-refractivity contribution in [2.45, 2.75) is 90.1 Å². The normalized spacial score (nSPS) is 39.9. The van der Waals surface area contributed by atoms with Crippen molar-refractivity contribution in [3.05, 3.63) is 0 Å². The average Bonchev–Trinajstić information content (AvgIpc) is 2.25. The molecule has 0 spiro atoms. The van der Waals surface area contributed by atoms with E-state index in [1.807, 2.05) is 41.5 Å². The summed E-state index contributed by atoms with van der Waals surface area (Å²) in [6, 6.07) is -0.583. The summed E-state index contributed by atoms with van der Waals surface area (Å²) < 4.78 is 11.9. The topological polar surface area (TPSA) is 84.9 Å². The molecule has 1 aliphatic rings. The molecule has 1 fully saturated rings. The summed E-state index contributed by atoms with van der Waals surface area (Å²) in [5.41, 5.74) is 5.27. The van der Waals surface area contributed by atoms with E-state index in [1.165, 1.54) is 0 Å². The molecule has 1 saturated carbocycles. The monoisotopic (exact) mass is 289 g/mol. The van der Waals surface area contributed by atoms with E-state index in [2.05, 4.69) is 0 Å². The Balaban J connectivity index is 3.03. The van der Waals surface area contributed by atoms with Gasteiger partial charge in [0.2, 0.25) is 0 Å². The lowest BCUT2D eigenvalue weighted by Gasteiger charge is -2.48. The zero-order valence-electron chi connectivity index (χ0n) is 13.8. The second-order valence-corrected chi connectivity index (χ2v) is 7.81. The predicted molar refractivity (Wildman–Crippen MR) is 78.4 cm³/mol. The fourth-order valence-corrected chi connectivity index (χ4v) is 2.56. The molecule has 0 bridgehead atoms. The molecule has 0 aromatic rings. The van der Waals surface area contributed by atoms with Crippen molar-refractivity contribution < 1.29 is 19.7 Å². The summed E-state index contributed by atoms with van der Waals surface area (Å²) in [5, 5.41) is 20.6. The van der Waals surface area contributed by atoms with Gasteiger partial charge in [-0.2, -0.15) is 0 Å². The SMILES string of the molecule is C[C@@H]1[C@H](O)[C@H](N)[C@@H](OC(C)(C)C)[C@H](OC(C)(C)C)[C@H]1O. The third-order valence-corrected chi connectivity index (χ3v) is 3.49. The maximum atomic E-state index is 10.4. The first-order valence-corrected chi connectivity index (χ1v) is 7.31. The highest BCUT2D eigenvalue weighted by atomic mass is 16.6. The second-order valence-electron chi connectivity index (χ2n) is 7.81. The summed E-state index contributed by atoms with van der Waals surface area (Å²) in [4.78, 5) is 0. The first kappa shape index (κ1) is 17.9. The molecular weight excluding hydrogens is 258 g/mol. The molecule has 1 aliphatic carbocycles. The third kappa shape index (κ3) is 4.40. The van der Waals surface area contributed by atoms with Gasteiger partial charge in [0.25, 0.3) is 0 Å². The van der Waals surface area contributed by atoms with E-state index >= 15 is 0 Å². The lowest BCUT2D eigenvalue weighted by Crippen LogP contribution is -2.66. The molecule has 0 aliphatic heterocycles. The van der Waals surface area contributed by atoms with Gasteiger partial charge in [-0.15, -0.1) is 0 Å². The molecule has 0 unspecified atom stereocenters. The first-order chi connectivity index (χ1) is 8.83. The van der Waals surface area contributed by atoms with Gasteiger partial charge in [-0.05, 0) is 41.5 Å². The van der Waals surface area contributed by atoms with Gasteiger partial charge in [-0.3, -0.25) is 0 Å². The van der Waals surface area contributed by atoms with Crippen LogP contribution in [0.5, 0.6) is 0 Å². The summed E-state index contributed by atoms with van der Waals surface area (Å²) >= 11 is 0. The molecular formula is C15H31NO4. The largest absolute Gasteiger partial charge is 0.391 e. The molecule has 5 nitrogen and oxygen atoms in total. The van der Waals surface area contributed by atoms with Crippen molar-refractivity contribution in [3.8, 4) is 0 Å². The van der Waals surface area contributed by atoms with Gasteiger partial charge in [0, 0.05) is 5.92 Å². The zero-order valence-corrected chi connectivity index (χ0v) is 13.8. The van der Waals surface area contributed by atoms with Crippen LogP contribution in [-0.4, -0.2) is 51.9 Å². The third-order valence-electron chi connectivity index (χ3n) is 3.49. The Hall–Kier alpha value is -0.200. The summed E-state index contributed by atoms with van der Waals surface area (Å²) in [6.45, 7) is 13.3. The standard InChI is InChI=1S/C15H31NO4/c1-8-10(17)9(16)12(19-14(2,3)4)13(11(8)18)20-15(5,6)7/h8-13,17-18H,16H2,1-7H3/t8-,9+,10+,11+,12-,13-/m1/s1. The zero-order chi connectivity index (χ0) is 15.9. The summed E-state index contributed by atoms with van der Waals surface area (Å²) in [7, 11) is 0. The Labute approximate surface area is 122 Å². The predicted octanol–water partition coefficient (Wildman–Crippen LogP) is 1.05. The molecule has 4 N–H and O–H groups in total. The minimum atomic E-state index is -0.809. The Morgan fingerprint density at radius 3 is 1.60 bits per heavy atom. The van der Waals surface area contributed by atoms with Crippen LogP contribution in [0.15, 0.2) is 0 Å². The van der Waals surface area contributed by atoms with Gasteiger partial charge in [0.05, 0.1) is 29.5 Å². The Morgan fingerprint density at radius 2 is 1.20 bits per heavy atom. The highest BCUT2D eigenvalue weighted by Gasteiger charge is 2.50. The smallest absolute Gasteiger partial charge is 0.112 e. The average molecular weight is 289 g/mol. The second kappa shape index (κ2) is 5.89. The first-order valence-electron chi connectivity index (χ1n) is 7.31. The van der Waals surface area contributed by atoms with Crippen LogP contribution in [0.2, 0.25) is 0 Å². The Morgan fingerprint density at radius 1 is 0.800 bits per heavy atom. The molecule has 0 heterocycles. The number of ether oxygens (including phenoxy) is 2. The van der Waals surface area contributed by atoms with Gasteiger partial charge in [0.15, 0.2) is 0 Å². The highest BCUT2D eigenvalue weighted by molar-refractivity contribution is 5.02. The molecule has 0 saturated heterocycles. The van der Waals surface area contributed by atoms with Crippen LogP contribution in [0, 0.1) is 5.92 Å². The summed E-state index contributed by atoms with van der Waals surface area (Å²) in [5.74, 6) is -0.350. The minimum Gasteiger partial charge on any atom is -0.391 e. The fourth-order valence-electron chi connectivity index (χ4n) is 2.56. The lowest BCUT2D eigenvalue weighted by molar-refractivity contribution is -0.239. The maximum absolute atomic E-state index is 10.4. The lowest BCUT2D eigenvalue weighted by atomic mass is 9.77. The Kier molecular flexibility index (Phi) is 5.26. The van der Waals surface area contributed by atoms with Gasteiger partial charge in [-0.1, -0.05) is 6.92 Å². The maximum Gasteiger partial charge on any atom is 0.112 e. The molecule has 20 heavy (non-hydrogen) atoms. The van der Waals surface area contributed by atoms with E-state index in [-0.39, 0.29) is 5.92 Å². The summed E-state index contributed by atoms with van der Waals surface area (Å²) in [6.07, 6.45) is -2.72. The number of nitrogens with two attached hydrogens (primary N) is 1. The molecule has 5 heteroatoms. The van der Waals surface area contributed by atoms with E-state index < -0.39 is 41.7 Å². The van der Waals surface area contributed by atoms with Crippen molar-refractivity contribution >= 4 is 0 Å². The molecule has 6 atom stereocenters. The molecule has 120 valence electrons. The Bertz CT molecular complexity index is 289. The molecule has 0 amide bonds. The highest BCUT2D eigenvalue weighted by Crippen LogP contribution is 2.33. The molecule has 1 rings (SSSR count). The van der Waals surface area contributed by atoms with Crippen molar-refractivity contribution in [3.63, 3.8) is 0 Å². The number of aliphatic hydroxyl groups is 2. The number of rotatable bonds is 2. The van der Waals surface area contributed by atoms with Crippen molar-refractivity contribution in [2.75, 3.05) is 0 Å². The van der Waals surface area contributed by atoms with Gasteiger partial charge >= 0.3 is 0 Å². The molecule has 0 aromatic carbocycles. The van der Waals surface area contributed by atoms with Gasteiger partial charge in [-0.25, -0.2) is 0 Å². The van der Waals surface area contributed by atoms with Crippen LogP contribution in [0.3, 0.4) is 0 Å². The van der Waals surface area contributed by atoms with E-state index in [1.54, 1.807) is 6.92 Å². The van der Waals surface area contributed by atoms with E-state index in [4.69, 9.17) is 15.2 Å². The minimum absolute atomic E-state index is 0.350. The van der Waals surface area contributed by atoms with Crippen LogP contribution >= 0.6 is 0 Å². The van der Waals surface area contributed by atoms with Crippen molar-refractivity contribution in [1.82, 2.24) is 0 Å². The van der Waals surface area contributed by atoms with Crippen LogP contribution < -0.4 is 5.73 Å². The van der Waals surface area contributed by atoms with Crippen LogP contribution in [0.4, 0.5) is 0 Å². The van der Waals surface area contributed by atoms with Crippen LogP contribution in [-0.2, 0) is 9.47 Å². The quantitative estimate of drug-likeness (QED) is 0.707. The van der Waals surface area contributed by atoms with E-state index in [0.717, 1.165) is 0 Å². The van der Waals surface area contributed by atoms with Crippen LogP contribution in [0.1, 0.15) is 48.5 Å². The van der Waals surface area contributed by atoms with Crippen LogP contribution in [0.25, 0.3) is 0 Å². The number of hydrogen-bond acceptors (Lipinski definition) is 5. The van der Waals surface area contributed by atoms with Crippen molar-refractivity contribution in [1.29, 1.82) is 0 Å². The molecule has 0 radical (unpaired) electrons. The fraction of sp³-hybridized carbons (Fsp3) is 1.00. The number of aliphatic hydroxyl groups excluding tert-OH is 2. The van der Waals surface area contributed by atoms with Gasteiger partial charge < -0.3 is 25.4 Å². The van der Waals surface area contributed by atoms with Gasteiger partial charge in [0.1, 0.15) is 12.2 Å². The van der Waals surface area contributed by atoms with E-state index in [0.29, 0.717) is 0 Å². The van der Waals surface area contributed by atoms with E-state index in [9.17, 15) is 10.2 Å².